The largest absolute Gasteiger partial charge is 0.456 e. The average Bonchev–Trinajstić information content (AvgIpc) is 3.24. The van der Waals surface area contributed by atoms with Crippen LogP contribution in [0, 0.1) is 17.0 Å². The standard InChI is InChI=1S/C25H25N5O4/c1-16-11-17(12-24(31)28-18-14-27-29(15-18)25(2,3)4)5-8-22(16)34-23-9-10-26-21-7-6-19(30(32)33)13-20(21)23/h5-11,13-15H,12H2,1-4H3,(H,28,31). The Bertz CT molecular complexity index is 1390. The molecule has 9 nitrogen and oxygen atoms in total. The number of fused-ring (bicyclic) bond motifs is 1. The Kier molecular flexibility index (Phi) is 6.02. The molecule has 9 heteroatoms. The zero-order valence-corrected chi connectivity index (χ0v) is 19.4. The fourth-order valence-corrected chi connectivity index (χ4v) is 3.51. The van der Waals surface area contributed by atoms with Gasteiger partial charge in [-0.2, -0.15) is 5.10 Å². The number of aryl methyl sites for hydroxylation is 1. The maximum Gasteiger partial charge on any atom is 0.270 e. The first-order valence-corrected chi connectivity index (χ1v) is 10.8. The van der Waals surface area contributed by atoms with E-state index in [4.69, 9.17) is 4.74 Å². The van der Waals surface area contributed by atoms with Gasteiger partial charge in [0.2, 0.25) is 5.91 Å². The molecular formula is C25H25N5O4. The van der Waals surface area contributed by atoms with E-state index in [-0.39, 0.29) is 23.6 Å². The minimum atomic E-state index is -0.449. The molecule has 0 radical (unpaired) electrons. The number of amides is 1. The average molecular weight is 460 g/mol. The fourth-order valence-electron chi connectivity index (χ4n) is 3.51. The summed E-state index contributed by atoms with van der Waals surface area (Å²) in [6.45, 7) is 7.99. The molecule has 0 bridgehead atoms. The number of rotatable bonds is 6. The van der Waals surface area contributed by atoms with Crippen LogP contribution in [0.1, 0.15) is 31.9 Å². The molecule has 1 amide bonds. The molecule has 4 aromatic rings. The Morgan fingerprint density at radius 1 is 1.15 bits per heavy atom. The summed E-state index contributed by atoms with van der Waals surface area (Å²) >= 11 is 0. The van der Waals surface area contributed by atoms with Crippen LogP contribution in [0.5, 0.6) is 11.5 Å². The molecule has 0 saturated heterocycles. The SMILES string of the molecule is Cc1cc(CC(=O)Nc2cnn(C(C)(C)C)c2)ccc1Oc1ccnc2ccc([N+](=O)[O-])cc12. The number of carbonyl (C=O) groups excluding carboxylic acids is 1. The number of nitro groups is 1. The van der Waals surface area contributed by atoms with Crippen LogP contribution < -0.4 is 10.1 Å². The van der Waals surface area contributed by atoms with Gasteiger partial charge in [-0.05, 0) is 57.0 Å². The molecule has 4 rings (SSSR count). The predicted molar refractivity (Wildman–Crippen MR) is 129 cm³/mol. The first-order chi connectivity index (χ1) is 16.1. The van der Waals surface area contributed by atoms with Crippen molar-refractivity contribution in [2.24, 2.45) is 0 Å². The molecular weight excluding hydrogens is 434 g/mol. The van der Waals surface area contributed by atoms with Crippen molar-refractivity contribution in [3.63, 3.8) is 0 Å². The number of pyridine rings is 1. The van der Waals surface area contributed by atoms with Crippen LogP contribution in [0.15, 0.2) is 61.1 Å². The smallest absolute Gasteiger partial charge is 0.270 e. The van der Waals surface area contributed by atoms with Crippen LogP contribution in [-0.4, -0.2) is 25.6 Å². The summed E-state index contributed by atoms with van der Waals surface area (Å²) in [5.41, 5.74) is 2.72. The zero-order valence-electron chi connectivity index (χ0n) is 19.4. The number of ether oxygens (including phenoxy) is 1. The van der Waals surface area contributed by atoms with E-state index >= 15 is 0 Å². The van der Waals surface area contributed by atoms with E-state index < -0.39 is 4.92 Å². The van der Waals surface area contributed by atoms with Crippen LogP contribution in [0.4, 0.5) is 11.4 Å². The molecule has 0 spiro atoms. The van der Waals surface area contributed by atoms with Crippen molar-refractivity contribution < 1.29 is 14.5 Å². The molecule has 0 atom stereocenters. The van der Waals surface area contributed by atoms with Crippen molar-refractivity contribution in [1.82, 2.24) is 14.8 Å². The Morgan fingerprint density at radius 2 is 1.94 bits per heavy atom. The van der Waals surface area contributed by atoms with Crippen molar-refractivity contribution in [3.05, 3.63) is 82.3 Å². The number of hydrogen-bond acceptors (Lipinski definition) is 6. The molecule has 0 unspecified atom stereocenters. The third kappa shape index (κ3) is 5.03. The van der Waals surface area contributed by atoms with Crippen molar-refractivity contribution >= 4 is 28.2 Å². The number of benzene rings is 2. The van der Waals surface area contributed by atoms with Crippen molar-refractivity contribution in [2.45, 2.75) is 39.7 Å². The van der Waals surface area contributed by atoms with Crippen LogP contribution in [0.25, 0.3) is 10.9 Å². The van der Waals surface area contributed by atoms with Crippen molar-refractivity contribution in [1.29, 1.82) is 0 Å². The van der Waals surface area contributed by atoms with E-state index in [1.807, 2.05) is 46.0 Å². The molecule has 2 aromatic carbocycles. The number of anilines is 1. The molecule has 0 aliphatic carbocycles. The maximum absolute atomic E-state index is 12.5. The lowest BCUT2D eigenvalue weighted by Crippen LogP contribution is -2.22. The van der Waals surface area contributed by atoms with E-state index in [2.05, 4.69) is 15.4 Å². The summed E-state index contributed by atoms with van der Waals surface area (Å²) in [4.78, 5) is 27.5. The van der Waals surface area contributed by atoms with Gasteiger partial charge in [0.1, 0.15) is 11.5 Å². The predicted octanol–water partition coefficient (Wildman–Crippen LogP) is 5.38. The van der Waals surface area contributed by atoms with Gasteiger partial charge in [0.15, 0.2) is 0 Å². The second kappa shape index (κ2) is 8.93. The molecule has 174 valence electrons. The molecule has 1 N–H and O–H groups in total. The van der Waals surface area contributed by atoms with Gasteiger partial charge >= 0.3 is 0 Å². The zero-order chi connectivity index (χ0) is 24.5. The minimum absolute atomic E-state index is 0.0310. The fraction of sp³-hybridized carbons (Fsp3) is 0.240. The normalized spacial score (nSPS) is 11.4. The van der Waals surface area contributed by atoms with Gasteiger partial charge in [-0.25, -0.2) is 0 Å². The van der Waals surface area contributed by atoms with Gasteiger partial charge in [0.25, 0.3) is 5.69 Å². The monoisotopic (exact) mass is 459 g/mol. The summed E-state index contributed by atoms with van der Waals surface area (Å²) in [7, 11) is 0. The number of nitrogens with one attached hydrogen (secondary N) is 1. The van der Waals surface area contributed by atoms with E-state index in [0.717, 1.165) is 11.1 Å². The molecule has 0 aliphatic heterocycles. The topological polar surface area (TPSA) is 112 Å². The van der Waals surface area contributed by atoms with Crippen molar-refractivity contribution in [2.75, 3.05) is 5.32 Å². The number of hydrogen-bond donors (Lipinski definition) is 1. The summed E-state index contributed by atoms with van der Waals surface area (Å²) in [5, 5.41) is 18.9. The molecule has 0 fully saturated rings. The van der Waals surface area contributed by atoms with Gasteiger partial charge in [-0.3, -0.25) is 24.6 Å². The third-order valence-electron chi connectivity index (χ3n) is 5.27. The molecule has 2 aromatic heterocycles. The number of aromatic nitrogens is 3. The lowest BCUT2D eigenvalue weighted by Gasteiger charge is -2.18. The Morgan fingerprint density at radius 3 is 2.62 bits per heavy atom. The number of carbonyl (C=O) groups is 1. The van der Waals surface area contributed by atoms with Crippen molar-refractivity contribution in [3.8, 4) is 11.5 Å². The lowest BCUT2D eigenvalue weighted by molar-refractivity contribution is -0.384. The van der Waals surface area contributed by atoms with E-state index in [0.29, 0.717) is 28.1 Å². The van der Waals surface area contributed by atoms with Gasteiger partial charge in [-0.15, -0.1) is 0 Å². The summed E-state index contributed by atoms with van der Waals surface area (Å²) in [6, 6.07) is 11.6. The van der Waals surface area contributed by atoms with Crippen LogP contribution in [0.2, 0.25) is 0 Å². The Hall–Kier alpha value is -4.27. The Balaban J connectivity index is 1.48. The van der Waals surface area contributed by atoms with Gasteiger partial charge in [0.05, 0.1) is 34.3 Å². The molecule has 2 heterocycles. The quantitative estimate of drug-likeness (QED) is 0.306. The second-order valence-electron chi connectivity index (χ2n) is 9.04. The molecule has 34 heavy (non-hydrogen) atoms. The highest BCUT2D eigenvalue weighted by Gasteiger charge is 2.16. The van der Waals surface area contributed by atoms with Crippen LogP contribution >= 0.6 is 0 Å². The van der Waals surface area contributed by atoms with Crippen LogP contribution in [-0.2, 0) is 16.8 Å². The number of nitrogens with zero attached hydrogens (tertiary/aromatic N) is 4. The number of non-ortho nitro benzene ring substituents is 1. The highest BCUT2D eigenvalue weighted by molar-refractivity contribution is 5.92. The maximum atomic E-state index is 12.5. The lowest BCUT2D eigenvalue weighted by atomic mass is 10.1. The van der Waals surface area contributed by atoms with Gasteiger partial charge < -0.3 is 10.1 Å². The highest BCUT2D eigenvalue weighted by Crippen LogP contribution is 2.33. The van der Waals surface area contributed by atoms with E-state index in [9.17, 15) is 14.9 Å². The Labute approximate surface area is 196 Å². The van der Waals surface area contributed by atoms with E-state index in [1.165, 1.54) is 12.1 Å². The third-order valence-corrected chi connectivity index (χ3v) is 5.27. The van der Waals surface area contributed by atoms with Gasteiger partial charge in [0, 0.05) is 29.9 Å². The first-order valence-electron chi connectivity index (χ1n) is 10.8. The molecule has 0 aliphatic rings. The number of nitro benzene ring substituents is 1. The first kappa shape index (κ1) is 22.9. The van der Waals surface area contributed by atoms with Crippen LogP contribution in [0.3, 0.4) is 0 Å². The summed E-state index contributed by atoms with van der Waals surface area (Å²) in [5.74, 6) is 0.918. The summed E-state index contributed by atoms with van der Waals surface area (Å²) in [6.07, 6.45) is 5.24. The molecule has 0 saturated carbocycles. The minimum Gasteiger partial charge on any atom is -0.456 e. The summed E-state index contributed by atoms with van der Waals surface area (Å²) < 4.78 is 7.88. The second-order valence-corrected chi connectivity index (χ2v) is 9.04. The van der Waals surface area contributed by atoms with Gasteiger partial charge in [-0.1, -0.05) is 12.1 Å². The van der Waals surface area contributed by atoms with E-state index in [1.54, 1.807) is 35.3 Å². The highest BCUT2D eigenvalue weighted by atomic mass is 16.6.